The fourth-order valence-corrected chi connectivity index (χ4v) is 4.59. The van der Waals surface area contributed by atoms with Crippen molar-refractivity contribution >= 4 is 0 Å². The van der Waals surface area contributed by atoms with Gasteiger partial charge in [0.25, 0.3) is 0 Å². The summed E-state index contributed by atoms with van der Waals surface area (Å²) in [5.74, 6) is 1.05. The van der Waals surface area contributed by atoms with E-state index in [1.807, 2.05) is 41.5 Å². The molecule has 0 heterocycles. The second kappa shape index (κ2) is 8.30. The highest BCUT2D eigenvalue weighted by Gasteiger charge is 2.31. The Bertz CT molecular complexity index is 1010. The zero-order chi connectivity index (χ0) is 23.1. The minimum atomic E-state index is -0.313. The number of phenols is 3. The van der Waals surface area contributed by atoms with Crippen LogP contribution in [0, 0.1) is 41.5 Å². The van der Waals surface area contributed by atoms with Crippen LogP contribution in [-0.4, -0.2) is 15.3 Å². The summed E-state index contributed by atoms with van der Waals surface area (Å²) in [5.41, 5.74) is 8.43. The molecule has 0 atom stereocenters. The summed E-state index contributed by atoms with van der Waals surface area (Å²) in [6, 6.07) is 12.4. The Labute approximate surface area is 186 Å². The second-order valence-corrected chi connectivity index (χ2v) is 9.33. The molecule has 0 saturated heterocycles. The first-order valence-corrected chi connectivity index (χ1v) is 10.8. The van der Waals surface area contributed by atoms with E-state index in [1.54, 1.807) is 0 Å². The molecule has 0 aromatic heterocycles. The Balaban J connectivity index is 2.13. The smallest absolute Gasteiger partial charge is 0.121 e. The van der Waals surface area contributed by atoms with Gasteiger partial charge in [-0.05, 0) is 104 Å². The van der Waals surface area contributed by atoms with Gasteiger partial charge in [-0.25, -0.2) is 0 Å². The maximum absolute atomic E-state index is 10.3. The van der Waals surface area contributed by atoms with Crippen molar-refractivity contribution in [3.63, 3.8) is 0 Å². The van der Waals surface area contributed by atoms with Gasteiger partial charge in [-0.1, -0.05) is 43.3 Å². The van der Waals surface area contributed by atoms with Gasteiger partial charge in [-0.3, -0.25) is 0 Å². The molecule has 3 rings (SSSR count). The number of aryl methyl sites for hydroxylation is 7. The van der Waals surface area contributed by atoms with E-state index in [0.29, 0.717) is 17.2 Å². The molecular weight excluding hydrogens is 384 g/mol. The van der Waals surface area contributed by atoms with E-state index in [-0.39, 0.29) is 5.41 Å². The molecule has 0 amide bonds. The zero-order valence-corrected chi connectivity index (χ0v) is 19.7. The number of benzene rings is 3. The monoisotopic (exact) mass is 418 g/mol. The highest BCUT2D eigenvalue weighted by atomic mass is 16.3. The average Bonchev–Trinajstić information content (AvgIpc) is 2.71. The molecule has 0 saturated carbocycles. The summed E-state index contributed by atoms with van der Waals surface area (Å²) in [4.78, 5) is 0. The first-order valence-electron chi connectivity index (χ1n) is 10.8. The van der Waals surface area contributed by atoms with Gasteiger partial charge in [0.2, 0.25) is 0 Å². The molecule has 31 heavy (non-hydrogen) atoms. The van der Waals surface area contributed by atoms with E-state index in [0.717, 1.165) is 57.3 Å². The van der Waals surface area contributed by atoms with Crippen LogP contribution in [0.25, 0.3) is 0 Å². The van der Waals surface area contributed by atoms with Crippen LogP contribution in [0.2, 0.25) is 0 Å². The SMILES string of the molecule is Cc1cc(CCC(C)(c2cc(C)c(O)c(C)c2)c2cc(C)c(O)c(C)c2)cc(C)c1O. The predicted octanol–water partition coefficient (Wildman–Crippen LogP) is 6.59. The average molecular weight is 419 g/mol. The Morgan fingerprint density at radius 2 is 0.839 bits per heavy atom. The molecule has 0 spiro atoms. The third kappa shape index (κ3) is 4.27. The summed E-state index contributed by atoms with van der Waals surface area (Å²) >= 11 is 0. The molecule has 0 aliphatic rings. The van der Waals surface area contributed by atoms with E-state index in [4.69, 9.17) is 0 Å². The van der Waals surface area contributed by atoms with Crippen molar-refractivity contribution in [2.24, 2.45) is 0 Å². The standard InChI is InChI=1S/C28H34O3/c1-16-10-22(11-17(2)25(16)29)8-9-28(7,23-12-18(3)26(30)19(4)13-23)24-14-20(5)27(31)21(6)15-24/h10-15,29-31H,8-9H2,1-7H3. The lowest BCUT2D eigenvalue weighted by Crippen LogP contribution is -2.25. The van der Waals surface area contributed by atoms with E-state index in [2.05, 4.69) is 43.3 Å². The van der Waals surface area contributed by atoms with Crippen LogP contribution >= 0.6 is 0 Å². The maximum atomic E-state index is 10.3. The normalized spacial score (nSPS) is 11.7. The summed E-state index contributed by atoms with van der Waals surface area (Å²) < 4.78 is 0. The molecule has 3 aromatic carbocycles. The molecule has 0 radical (unpaired) electrons. The Morgan fingerprint density at radius 3 is 1.16 bits per heavy atom. The number of hydrogen-bond donors (Lipinski definition) is 3. The molecule has 0 aliphatic heterocycles. The Hall–Kier alpha value is -2.94. The van der Waals surface area contributed by atoms with Gasteiger partial charge >= 0.3 is 0 Å². The number of rotatable bonds is 5. The van der Waals surface area contributed by atoms with Crippen LogP contribution in [-0.2, 0) is 11.8 Å². The molecule has 3 heteroatoms. The summed E-state index contributed by atoms with van der Waals surface area (Å²) in [6.45, 7) is 13.9. The van der Waals surface area contributed by atoms with Gasteiger partial charge in [0.05, 0.1) is 0 Å². The predicted molar refractivity (Wildman–Crippen MR) is 128 cm³/mol. The van der Waals surface area contributed by atoms with Gasteiger partial charge in [0, 0.05) is 5.41 Å². The zero-order valence-electron chi connectivity index (χ0n) is 19.7. The van der Waals surface area contributed by atoms with E-state index in [9.17, 15) is 15.3 Å². The van der Waals surface area contributed by atoms with Crippen molar-refractivity contribution in [1.82, 2.24) is 0 Å². The fraction of sp³-hybridized carbons (Fsp3) is 0.357. The molecule has 3 aromatic rings. The topological polar surface area (TPSA) is 60.7 Å². The highest BCUT2D eigenvalue weighted by Crippen LogP contribution is 2.41. The highest BCUT2D eigenvalue weighted by molar-refractivity contribution is 5.52. The lowest BCUT2D eigenvalue weighted by Gasteiger charge is -2.33. The minimum absolute atomic E-state index is 0.313. The Morgan fingerprint density at radius 1 is 0.548 bits per heavy atom. The van der Waals surface area contributed by atoms with Crippen molar-refractivity contribution in [2.75, 3.05) is 0 Å². The first-order chi connectivity index (χ1) is 14.4. The largest absolute Gasteiger partial charge is 0.507 e. The van der Waals surface area contributed by atoms with Gasteiger partial charge in [-0.2, -0.15) is 0 Å². The van der Waals surface area contributed by atoms with E-state index < -0.39 is 0 Å². The van der Waals surface area contributed by atoms with Crippen LogP contribution in [0.15, 0.2) is 36.4 Å². The molecule has 3 N–H and O–H groups in total. The molecule has 0 aliphatic carbocycles. The fourth-order valence-electron chi connectivity index (χ4n) is 4.59. The van der Waals surface area contributed by atoms with Crippen LogP contribution in [0.1, 0.15) is 63.4 Å². The van der Waals surface area contributed by atoms with Crippen molar-refractivity contribution in [2.45, 2.75) is 66.7 Å². The molecule has 3 nitrogen and oxygen atoms in total. The summed E-state index contributed by atoms with van der Waals surface area (Å²) in [7, 11) is 0. The first kappa shape index (κ1) is 22.7. The third-order valence-electron chi connectivity index (χ3n) is 6.72. The minimum Gasteiger partial charge on any atom is -0.507 e. The van der Waals surface area contributed by atoms with Gasteiger partial charge in [0.15, 0.2) is 0 Å². The second-order valence-electron chi connectivity index (χ2n) is 9.33. The van der Waals surface area contributed by atoms with Gasteiger partial charge in [-0.15, -0.1) is 0 Å². The Kier molecular flexibility index (Phi) is 6.09. The van der Waals surface area contributed by atoms with Crippen molar-refractivity contribution in [1.29, 1.82) is 0 Å². The molecule has 0 fully saturated rings. The third-order valence-corrected chi connectivity index (χ3v) is 6.72. The van der Waals surface area contributed by atoms with Crippen LogP contribution in [0.5, 0.6) is 17.2 Å². The van der Waals surface area contributed by atoms with Gasteiger partial charge < -0.3 is 15.3 Å². The van der Waals surface area contributed by atoms with Crippen LogP contribution in [0.3, 0.4) is 0 Å². The van der Waals surface area contributed by atoms with Gasteiger partial charge in [0.1, 0.15) is 17.2 Å². The lowest BCUT2D eigenvalue weighted by molar-refractivity contribution is 0.461. The van der Waals surface area contributed by atoms with E-state index >= 15 is 0 Å². The number of aromatic hydroxyl groups is 3. The van der Waals surface area contributed by atoms with Crippen LogP contribution < -0.4 is 0 Å². The number of hydrogen-bond acceptors (Lipinski definition) is 3. The molecule has 0 unspecified atom stereocenters. The van der Waals surface area contributed by atoms with E-state index in [1.165, 1.54) is 5.56 Å². The molecule has 164 valence electrons. The molecular formula is C28H34O3. The quantitative estimate of drug-likeness (QED) is 0.438. The molecule has 0 bridgehead atoms. The van der Waals surface area contributed by atoms with Crippen molar-refractivity contribution in [3.8, 4) is 17.2 Å². The number of phenolic OH excluding ortho intramolecular Hbond substituents is 3. The summed E-state index contributed by atoms with van der Waals surface area (Å²) in [5, 5.41) is 30.8. The van der Waals surface area contributed by atoms with Crippen molar-refractivity contribution < 1.29 is 15.3 Å². The maximum Gasteiger partial charge on any atom is 0.121 e. The van der Waals surface area contributed by atoms with Crippen LogP contribution in [0.4, 0.5) is 0 Å². The van der Waals surface area contributed by atoms with Crippen molar-refractivity contribution in [3.05, 3.63) is 86.5 Å². The summed E-state index contributed by atoms with van der Waals surface area (Å²) in [6.07, 6.45) is 1.69. The lowest BCUT2D eigenvalue weighted by atomic mass is 9.71.